The highest BCUT2D eigenvalue weighted by Gasteiger charge is 2.40. The van der Waals surface area contributed by atoms with Gasteiger partial charge < -0.3 is 19.1 Å². The Morgan fingerprint density at radius 3 is 2.26 bits per heavy atom. The van der Waals surface area contributed by atoms with Crippen molar-refractivity contribution in [1.82, 2.24) is 4.90 Å². The van der Waals surface area contributed by atoms with Gasteiger partial charge in [-0.25, -0.2) is 0 Å². The lowest BCUT2D eigenvalue weighted by molar-refractivity contribution is -0.140. The van der Waals surface area contributed by atoms with Crippen molar-refractivity contribution >= 4 is 96.0 Å². The van der Waals surface area contributed by atoms with E-state index in [0.717, 1.165) is 5.56 Å². The van der Waals surface area contributed by atoms with Gasteiger partial charge in [0, 0.05) is 0 Å². The van der Waals surface area contributed by atoms with Crippen molar-refractivity contribution in [2.45, 2.75) is 6.61 Å². The van der Waals surface area contributed by atoms with Gasteiger partial charge in [0.15, 0.2) is 5.11 Å². The number of anilines is 1. The van der Waals surface area contributed by atoms with E-state index in [2.05, 4.69) is 31.9 Å². The van der Waals surface area contributed by atoms with E-state index in [1.54, 1.807) is 61.7 Å². The first-order valence-corrected chi connectivity index (χ1v) is 14.0. The van der Waals surface area contributed by atoms with Crippen LogP contribution >= 0.6 is 67.3 Å². The standard InChI is InChI=1S/C27H20Br2Cl2N2O5S/c1-36-18-6-4-17(5-7-18)33-26(35)23(32(27(33)39)13-24(34)37-2)12-16-9-19(28)25(20(29)10-16)38-14-15-3-8-21(30)22(31)11-15/h3-12H,13-14H2,1-2H3/b23-12-. The second-order valence-electron chi connectivity index (χ2n) is 8.16. The second-order valence-corrected chi connectivity index (χ2v) is 11.1. The lowest BCUT2D eigenvalue weighted by atomic mass is 10.1. The lowest BCUT2D eigenvalue weighted by Crippen LogP contribution is -2.35. The molecule has 39 heavy (non-hydrogen) atoms. The molecule has 202 valence electrons. The summed E-state index contributed by atoms with van der Waals surface area (Å²) >= 11 is 24.8. The maximum absolute atomic E-state index is 13.6. The number of amides is 1. The summed E-state index contributed by atoms with van der Waals surface area (Å²) in [5, 5.41) is 1.06. The number of rotatable bonds is 8. The highest BCUT2D eigenvalue weighted by Crippen LogP contribution is 2.37. The molecule has 4 rings (SSSR count). The molecule has 0 N–H and O–H groups in total. The van der Waals surface area contributed by atoms with Gasteiger partial charge in [-0.15, -0.1) is 0 Å². The lowest BCUT2D eigenvalue weighted by Gasteiger charge is -2.19. The molecule has 1 saturated heterocycles. The van der Waals surface area contributed by atoms with E-state index in [9.17, 15) is 9.59 Å². The number of benzene rings is 3. The quantitative estimate of drug-likeness (QED) is 0.138. The van der Waals surface area contributed by atoms with Gasteiger partial charge in [0.05, 0.1) is 38.9 Å². The van der Waals surface area contributed by atoms with Crippen molar-refractivity contribution in [2.24, 2.45) is 0 Å². The molecule has 1 amide bonds. The van der Waals surface area contributed by atoms with Crippen LogP contribution in [0.4, 0.5) is 5.69 Å². The van der Waals surface area contributed by atoms with Crippen molar-refractivity contribution in [3.8, 4) is 11.5 Å². The summed E-state index contributed by atoms with van der Waals surface area (Å²) in [4.78, 5) is 28.6. The fourth-order valence-corrected chi connectivity index (χ4v) is 5.85. The van der Waals surface area contributed by atoms with Gasteiger partial charge in [-0.2, -0.15) is 0 Å². The molecule has 3 aromatic carbocycles. The monoisotopic (exact) mass is 712 g/mol. The highest BCUT2D eigenvalue weighted by molar-refractivity contribution is 9.11. The van der Waals surface area contributed by atoms with Crippen LogP contribution in [-0.2, 0) is 20.9 Å². The molecule has 0 atom stereocenters. The van der Waals surface area contributed by atoms with Crippen LogP contribution in [0.25, 0.3) is 6.08 Å². The van der Waals surface area contributed by atoms with Crippen molar-refractivity contribution < 1.29 is 23.8 Å². The van der Waals surface area contributed by atoms with E-state index in [4.69, 9.17) is 49.6 Å². The highest BCUT2D eigenvalue weighted by atomic mass is 79.9. The third-order valence-electron chi connectivity index (χ3n) is 5.67. The normalized spacial score (nSPS) is 14.3. The minimum Gasteiger partial charge on any atom is -0.497 e. The largest absolute Gasteiger partial charge is 0.497 e. The summed E-state index contributed by atoms with van der Waals surface area (Å²) < 4.78 is 17.3. The Morgan fingerprint density at radius 2 is 1.67 bits per heavy atom. The summed E-state index contributed by atoms with van der Waals surface area (Å²) in [6.07, 6.45) is 1.65. The second kappa shape index (κ2) is 12.7. The van der Waals surface area contributed by atoms with Gasteiger partial charge in [0.1, 0.15) is 30.3 Å². The molecular weight excluding hydrogens is 695 g/mol. The van der Waals surface area contributed by atoms with Gasteiger partial charge in [-0.05, 0) is 110 Å². The molecule has 0 radical (unpaired) electrons. The van der Waals surface area contributed by atoms with E-state index >= 15 is 0 Å². The van der Waals surface area contributed by atoms with Gasteiger partial charge in [-0.1, -0.05) is 29.3 Å². The van der Waals surface area contributed by atoms with Gasteiger partial charge >= 0.3 is 5.97 Å². The average Bonchev–Trinajstić information content (AvgIpc) is 3.13. The summed E-state index contributed by atoms with van der Waals surface area (Å²) in [6.45, 7) is 0.0256. The Labute approximate surface area is 257 Å². The van der Waals surface area contributed by atoms with Gasteiger partial charge in [0.2, 0.25) is 0 Å². The third kappa shape index (κ3) is 6.58. The number of methoxy groups -OCH3 is 2. The fraction of sp³-hybridized carbons (Fsp3) is 0.148. The van der Waals surface area contributed by atoms with Crippen LogP contribution in [0.3, 0.4) is 0 Å². The molecule has 0 spiro atoms. The van der Waals surface area contributed by atoms with Crippen LogP contribution in [0.15, 0.2) is 69.2 Å². The summed E-state index contributed by atoms with van der Waals surface area (Å²) in [5.74, 6) is 0.264. The maximum Gasteiger partial charge on any atom is 0.325 e. The number of carbonyl (C=O) groups is 2. The number of thiocarbonyl (C=S) groups is 1. The molecule has 0 aromatic heterocycles. The Balaban J connectivity index is 1.65. The molecule has 0 bridgehead atoms. The Morgan fingerprint density at radius 1 is 1.00 bits per heavy atom. The van der Waals surface area contributed by atoms with Crippen molar-refractivity contribution in [2.75, 3.05) is 25.7 Å². The van der Waals surface area contributed by atoms with Crippen LogP contribution in [0.2, 0.25) is 10.0 Å². The van der Waals surface area contributed by atoms with Crippen LogP contribution in [0, 0.1) is 0 Å². The first-order chi connectivity index (χ1) is 18.6. The maximum atomic E-state index is 13.6. The van der Waals surface area contributed by atoms with E-state index in [-0.39, 0.29) is 29.9 Å². The first-order valence-electron chi connectivity index (χ1n) is 11.3. The van der Waals surface area contributed by atoms with Crippen LogP contribution < -0.4 is 14.4 Å². The molecule has 1 heterocycles. The zero-order valence-corrected chi connectivity index (χ0v) is 26.0. The van der Waals surface area contributed by atoms with E-state index in [0.29, 0.717) is 41.7 Å². The van der Waals surface area contributed by atoms with E-state index < -0.39 is 5.97 Å². The zero-order valence-electron chi connectivity index (χ0n) is 20.5. The Bertz CT molecular complexity index is 1460. The molecule has 1 aliphatic heterocycles. The number of hydrogen-bond acceptors (Lipinski definition) is 6. The topological polar surface area (TPSA) is 68.3 Å². The number of nitrogens with zero attached hydrogens (tertiary/aromatic N) is 2. The smallest absolute Gasteiger partial charge is 0.325 e. The SMILES string of the molecule is COC(=O)CN1C(=S)N(c2ccc(OC)cc2)C(=O)/C1=C/c1cc(Br)c(OCc2ccc(Cl)c(Cl)c2)c(Br)c1. The molecule has 1 fully saturated rings. The molecule has 0 unspecified atom stereocenters. The predicted molar refractivity (Wildman–Crippen MR) is 162 cm³/mol. The summed E-state index contributed by atoms with van der Waals surface area (Å²) in [5.41, 5.74) is 2.26. The first kappa shape index (κ1) is 29.4. The number of hydrogen-bond donors (Lipinski definition) is 0. The summed E-state index contributed by atoms with van der Waals surface area (Å²) in [7, 11) is 2.83. The van der Waals surface area contributed by atoms with Crippen molar-refractivity contribution in [1.29, 1.82) is 0 Å². The molecule has 12 heteroatoms. The minimum absolute atomic E-state index is 0.154. The third-order valence-corrected chi connectivity index (χ3v) is 7.99. The number of halogens is 4. The van der Waals surface area contributed by atoms with Crippen LogP contribution in [0.5, 0.6) is 11.5 Å². The Hall–Kier alpha value is -2.63. The molecular formula is C27H20Br2Cl2N2O5S. The number of esters is 1. The minimum atomic E-state index is -0.541. The summed E-state index contributed by atoms with van der Waals surface area (Å²) in [6, 6.07) is 15.8. The van der Waals surface area contributed by atoms with Crippen LogP contribution in [0.1, 0.15) is 11.1 Å². The molecule has 3 aromatic rings. The van der Waals surface area contributed by atoms with Crippen molar-refractivity contribution in [3.05, 3.63) is 90.4 Å². The molecule has 0 aliphatic carbocycles. The molecule has 1 aliphatic rings. The van der Waals surface area contributed by atoms with E-state index in [1.807, 2.05) is 6.07 Å². The van der Waals surface area contributed by atoms with Crippen LogP contribution in [-0.4, -0.2) is 42.7 Å². The predicted octanol–water partition coefficient (Wildman–Crippen LogP) is 7.25. The Kier molecular flexibility index (Phi) is 9.56. The molecule has 7 nitrogen and oxygen atoms in total. The van der Waals surface area contributed by atoms with Crippen molar-refractivity contribution in [3.63, 3.8) is 0 Å². The van der Waals surface area contributed by atoms with E-state index in [1.165, 1.54) is 16.9 Å². The van der Waals surface area contributed by atoms with Gasteiger partial charge in [-0.3, -0.25) is 14.5 Å². The fourth-order valence-electron chi connectivity index (χ4n) is 3.73. The van der Waals surface area contributed by atoms with Gasteiger partial charge in [0.25, 0.3) is 5.91 Å². The molecule has 0 saturated carbocycles. The zero-order chi connectivity index (χ0) is 28.3. The number of ether oxygens (including phenoxy) is 3. The number of carbonyl (C=O) groups excluding carboxylic acids is 2. The average molecular weight is 715 g/mol.